The Hall–Kier alpha value is -1.44. The summed E-state index contributed by atoms with van der Waals surface area (Å²) in [5.74, 6) is -1.09. The molecule has 21 heavy (non-hydrogen) atoms. The van der Waals surface area contributed by atoms with Gasteiger partial charge in [0, 0.05) is 13.2 Å². The third-order valence-corrected chi connectivity index (χ3v) is 4.04. The van der Waals surface area contributed by atoms with Gasteiger partial charge in [-0.05, 0) is 51.5 Å². The number of carbonyl (C=O) groups is 1. The zero-order valence-corrected chi connectivity index (χ0v) is 13.2. The molecule has 1 aromatic rings. The fraction of sp³-hybridized carbons (Fsp3) is 0.500. The summed E-state index contributed by atoms with van der Waals surface area (Å²) in [6, 6.07) is 5.08. The topological polar surface area (TPSA) is 92.7 Å². The monoisotopic (exact) mass is 315 g/mol. The van der Waals surface area contributed by atoms with E-state index in [4.69, 9.17) is 9.84 Å². The van der Waals surface area contributed by atoms with E-state index in [1.165, 1.54) is 24.3 Å². The Labute approximate surface area is 125 Å². The molecule has 0 radical (unpaired) electrons. The second-order valence-corrected chi connectivity index (χ2v) is 7.31. The van der Waals surface area contributed by atoms with Gasteiger partial charge in [0.05, 0.1) is 16.1 Å². The van der Waals surface area contributed by atoms with Crippen LogP contribution in [0.5, 0.6) is 0 Å². The van der Waals surface area contributed by atoms with Crippen molar-refractivity contribution in [3.05, 3.63) is 29.8 Å². The van der Waals surface area contributed by atoms with E-state index in [2.05, 4.69) is 4.72 Å². The number of benzene rings is 1. The fourth-order valence-electron chi connectivity index (χ4n) is 1.52. The van der Waals surface area contributed by atoms with Crippen LogP contribution in [0.2, 0.25) is 0 Å². The summed E-state index contributed by atoms with van der Waals surface area (Å²) >= 11 is 0. The summed E-state index contributed by atoms with van der Waals surface area (Å²) in [4.78, 5) is 10.8. The summed E-state index contributed by atoms with van der Waals surface area (Å²) in [7, 11) is -3.62. The fourth-order valence-corrected chi connectivity index (χ4v) is 2.59. The van der Waals surface area contributed by atoms with Gasteiger partial charge in [-0.15, -0.1) is 0 Å². The predicted molar refractivity (Wildman–Crippen MR) is 78.9 cm³/mol. The molecule has 2 N–H and O–H groups in total. The molecule has 0 heterocycles. The SMILES string of the molecule is CC(C)(C)OCCCNS(=O)(=O)c1ccc(C(=O)O)cc1. The minimum Gasteiger partial charge on any atom is -0.478 e. The second kappa shape index (κ2) is 7.02. The molecular formula is C14H21NO5S. The molecular weight excluding hydrogens is 294 g/mol. The minimum absolute atomic E-state index is 0.0456. The van der Waals surface area contributed by atoms with Crippen LogP contribution in [0.1, 0.15) is 37.6 Å². The third-order valence-electron chi connectivity index (χ3n) is 2.56. The van der Waals surface area contributed by atoms with Gasteiger partial charge in [0.1, 0.15) is 0 Å². The molecule has 7 heteroatoms. The molecule has 0 aliphatic rings. The lowest BCUT2D eigenvalue weighted by Crippen LogP contribution is -2.27. The Balaban J connectivity index is 2.52. The summed E-state index contributed by atoms with van der Waals surface area (Å²) in [5.41, 5.74) is -0.196. The highest BCUT2D eigenvalue weighted by Gasteiger charge is 2.14. The molecule has 0 aliphatic heterocycles. The maximum Gasteiger partial charge on any atom is 0.335 e. The number of hydrogen-bond donors (Lipinski definition) is 2. The average Bonchev–Trinajstić information content (AvgIpc) is 2.37. The first-order valence-corrected chi connectivity index (χ1v) is 8.07. The Morgan fingerprint density at radius 3 is 2.29 bits per heavy atom. The lowest BCUT2D eigenvalue weighted by molar-refractivity contribution is -0.00337. The summed E-state index contributed by atoms with van der Waals surface area (Å²) in [6.45, 7) is 6.52. The number of carboxylic acids is 1. The van der Waals surface area contributed by atoms with Crippen molar-refractivity contribution in [1.29, 1.82) is 0 Å². The number of aromatic carboxylic acids is 1. The van der Waals surface area contributed by atoms with Gasteiger partial charge in [-0.2, -0.15) is 0 Å². The predicted octanol–water partition coefficient (Wildman–Crippen LogP) is 1.87. The molecule has 118 valence electrons. The van der Waals surface area contributed by atoms with Crippen LogP contribution in [-0.2, 0) is 14.8 Å². The van der Waals surface area contributed by atoms with Crippen molar-refractivity contribution in [2.45, 2.75) is 37.7 Å². The number of ether oxygens (including phenoxy) is 1. The zero-order chi connectivity index (χ0) is 16.1. The average molecular weight is 315 g/mol. The van der Waals surface area contributed by atoms with Crippen LogP contribution < -0.4 is 4.72 Å². The smallest absolute Gasteiger partial charge is 0.335 e. The van der Waals surface area contributed by atoms with E-state index in [0.29, 0.717) is 13.0 Å². The molecule has 0 amide bonds. The van der Waals surface area contributed by atoms with Crippen molar-refractivity contribution in [2.24, 2.45) is 0 Å². The lowest BCUT2D eigenvalue weighted by atomic mass is 10.2. The maximum absolute atomic E-state index is 12.0. The summed E-state index contributed by atoms with van der Waals surface area (Å²) in [5, 5.41) is 8.77. The van der Waals surface area contributed by atoms with Crippen molar-refractivity contribution in [3.8, 4) is 0 Å². The molecule has 0 atom stereocenters. The standard InChI is InChI=1S/C14H21NO5S/c1-14(2,3)20-10-4-9-15-21(18,19)12-7-5-11(6-8-12)13(16)17/h5-8,15H,4,9-10H2,1-3H3,(H,16,17). The van der Waals surface area contributed by atoms with Crippen LogP contribution in [0.4, 0.5) is 0 Å². The first kappa shape index (κ1) is 17.6. The van der Waals surface area contributed by atoms with Crippen molar-refractivity contribution in [2.75, 3.05) is 13.2 Å². The van der Waals surface area contributed by atoms with Gasteiger partial charge < -0.3 is 9.84 Å². The highest BCUT2D eigenvalue weighted by molar-refractivity contribution is 7.89. The number of nitrogens with one attached hydrogen (secondary N) is 1. The van der Waals surface area contributed by atoms with Gasteiger partial charge in [0.25, 0.3) is 0 Å². The lowest BCUT2D eigenvalue weighted by Gasteiger charge is -2.19. The largest absolute Gasteiger partial charge is 0.478 e. The Kier molecular flexibility index (Phi) is 5.88. The van der Waals surface area contributed by atoms with Gasteiger partial charge in [-0.25, -0.2) is 17.9 Å². The van der Waals surface area contributed by atoms with Crippen molar-refractivity contribution in [1.82, 2.24) is 4.72 Å². The van der Waals surface area contributed by atoms with E-state index < -0.39 is 16.0 Å². The zero-order valence-electron chi connectivity index (χ0n) is 12.4. The van der Waals surface area contributed by atoms with E-state index >= 15 is 0 Å². The molecule has 0 spiro atoms. The quantitative estimate of drug-likeness (QED) is 0.749. The second-order valence-electron chi connectivity index (χ2n) is 5.54. The molecule has 0 aromatic heterocycles. The first-order valence-electron chi connectivity index (χ1n) is 6.59. The van der Waals surface area contributed by atoms with Crippen LogP contribution in [0.3, 0.4) is 0 Å². The molecule has 6 nitrogen and oxygen atoms in total. The van der Waals surface area contributed by atoms with E-state index in [1.54, 1.807) is 0 Å². The third kappa shape index (κ3) is 6.24. The van der Waals surface area contributed by atoms with Gasteiger partial charge in [-0.3, -0.25) is 0 Å². The van der Waals surface area contributed by atoms with E-state index in [1.807, 2.05) is 20.8 Å². The molecule has 0 unspecified atom stereocenters. The Morgan fingerprint density at radius 1 is 1.24 bits per heavy atom. The Bertz CT molecular complexity index is 572. The number of hydrogen-bond acceptors (Lipinski definition) is 4. The normalized spacial score (nSPS) is 12.3. The van der Waals surface area contributed by atoms with Gasteiger partial charge in [0.15, 0.2) is 0 Å². The van der Waals surface area contributed by atoms with Gasteiger partial charge >= 0.3 is 5.97 Å². The van der Waals surface area contributed by atoms with Crippen molar-refractivity contribution < 1.29 is 23.1 Å². The van der Waals surface area contributed by atoms with Crippen molar-refractivity contribution in [3.63, 3.8) is 0 Å². The van der Waals surface area contributed by atoms with E-state index in [9.17, 15) is 13.2 Å². The van der Waals surface area contributed by atoms with Crippen LogP contribution in [0, 0.1) is 0 Å². The van der Waals surface area contributed by atoms with Crippen LogP contribution in [0.15, 0.2) is 29.2 Å². The number of carboxylic acid groups (broad SMARTS) is 1. The van der Waals surface area contributed by atoms with E-state index in [-0.39, 0.29) is 22.6 Å². The molecule has 1 rings (SSSR count). The molecule has 0 aliphatic carbocycles. The maximum atomic E-state index is 12.0. The Morgan fingerprint density at radius 2 is 1.81 bits per heavy atom. The molecule has 0 saturated carbocycles. The van der Waals surface area contributed by atoms with Gasteiger partial charge in [-0.1, -0.05) is 0 Å². The molecule has 1 aromatic carbocycles. The molecule has 0 saturated heterocycles. The summed E-state index contributed by atoms with van der Waals surface area (Å²) in [6.07, 6.45) is 0.559. The van der Waals surface area contributed by atoms with Gasteiger partial charge in [0.2, 0.25) is 10.0 Å². The van der Waals surface area contributed by atoms with Crippen LogP contribution in [0.25, 0.3) is 0 Å². The highest BCUT2D eigenvalue weighted by atomic mass is 32.2. The van der Waals surface area contributed by atoms with E-state index in [0.717, 1.165) is 0 Å². The minimum atomic E-state index is -3.62. The van der Waals surface area contributed by atoms with Crippen LogP contribution >= 0.6 is 0 Å². The molecule has 0 fully saturated rings. The summed E-state index contributed by atoms with van der Waals surface area (Å²) < 4.78 is 31.9. The van der Waals surface area contributed by atoms with Crippen molar-refractivity contribution >= 4 is 16.0 Å². The number of rotatable bonds is 7. The molecule has 0 bridgehead atoms. The number of sulfonamides is 1. The first-order chi connectivity index (χ1) is 9.62. The van der Waals surface area contributed by atoms with Crippen LogP contribution in [-0.4, -0.2) is 38.2 Å². The highest BCUT2D eigenvalue weighted by Crippen LogP contribution is 2.11.